The van der Waals surface area contributed by atoms with Crippen LogP contribution in [0.1, 0.15) is 17.3 Å². The smallest absolute Gasteiger partial charge is 0.328 e. The van der Waals surface area contributed by atoms with E-state index in [-0.39, 0.29) is 11.0 Å². The molecule has 2 N–H and O–H groups in total. The van der Waals surface area contributed by atoms with Crippen molar-refractivity contribution < 1.29 is 14.3 Å². The van der Waals surface area contributed by atoms with E-state index in [0.29, 0.717) is 10.9 Å². The van der Waals surface area contributed by atoms with E-state index in [1.165, 1.54) is 20.2 Å². The second-order valence-electron chi connectivity index (χ2n) is 4.30. The number of amides is 1. The number of benzene rings is 1. The van der Waals surface area contributed by atoms with Crippen LogP contribution in [0.5, 0.6) is 0 Å². The van der Waals surface area contributed by atoms with Crippen molar-refractivity contribution in [3.63, 3.8) is 0 Å². The molecule has 0 unspecified atom stereocenters. The number of aromatic amines is 1. The molecule has 2 rings (SSSR count). The van der Waals surface area contributed by atoms with E-state index in [1.54, 1.807) is 24.3 Å². The average Bonchev–Trinajstić information content (AvgIpc) is 2.46. The Morgan fingerprint density at radius 2 is 2.00 bits per heavy atom. The summed E-state index contributed by atoms with van der Waals surface area (Å²) >= 11 is 0. The van der Waals surface area contributed by atoms with Gasteiger partial charge in [0.05, 0.1) is 7.11 Å². The van der Waals surface area contributed by atoms with Gasteiger partial charge in [0.15, 0.2) is 0 Å². The van der Waals surface area contributed by atoms with Gasteiger partial charge in [-0.05, 0) is 19.1 Å². The van der Waals surface area contributed by atoms with Crippen LogP contribution in [-0.4, -0.2) is 30.0 Å². The van der Waals surface area contributed by atoms with Gasteiger partial charge >= 0.3 is 5.97 Å². The minimum atomic E-state index is -0.821. The molecule has 0 bridgehead atoms. The lowest BCUT2D eigenvalue weighted by Gasteiger charge is -2.11. The van der Waals surface area contributed by atoms with Crippen LogP contribution in [0.4, 0.5) is 0 Å². The number of nitrogens with one attached hydrogen (secondary N) is 2. The van der Waals surface area contributed by atoms with Crippen molar-refractivity contribution in [1.29, 1.82) is 0 Å². The number of H-pyrrole nitrogens is 1. The van der Waals surface area contributed by atoms with Crippen molar-refractivity contribution in [2.45, 2.75) is 13.0 Å². The molecule has 104 valence electrons. The summed E-state index contributed by atoms with van der Waals surface area (Å²) in [5.74, 6) is -1.19. The molecular weight excluding hydrogens is 260 g/mol. The molecule has 1 atom stereocenters. The van der Waals surface area contributed by atoms with Gasteiger partial charge in [0.1, 0.15) is 11.6 Å². The van der Waals surface area contributed by atoms with Crippen LogP contribution in [0.25, 0.3) is 10.9 Å². The first kappa shape index (κ1) is 13.8. The SMILES string of the molecule is COC(=O)[C@H](C)NC(=O)c1c[nH]c2ccccc2c1=O. The minimum Gasteiger partial charge on any atom is -0.467 e. The summed E-state index contributed by atoms with van der Waals surface area (Å²) in [4.78, 5) is 38.3. The number of fused-ring (bicyclic) bond motifs is 1. The van der Waals surface area contributed by atoms with E-state index in [1.807, 2.05) is 0 Å². The van der Waals surface area contributed by atoms with Crippen LogP contribution in [0.2, 0.25) is 0 Å². The first-order chi connectivity index (χ1) is 9.54. The van der Waals surface area contributed by atoms with Crippen molar-refractivity contribution >= 4 is 22.8 Å². The van der Waals surface area contributed by atoms with Gasteiger partial charge in [-0.15, -0.1) is 0 Å². The van der Waals surface area contributed by atoms with Crippen LogP contribution in [-0.2, 0) is 9.53 Å². The molecule has 0 aliphatic heterocycles. The molecule has 0 fully saturated rings. The number of carbonyl (C=O) groups is 2. The third-order valence-corrected chi connectivity index (χ3v) is 2.94. The van der Waals surface area contributed by atoms with Gasteiger partial charge in [-0.1, -0.05) is 12.1 Å². The zero-order valence-electron chi connectivity index (χ0n) is 11.1. The number of rotatable bonds is 3. The molecule has 6 nitrogen and oxygen atoms in total. The lowest BCUT2D eigenvalue weighted by molar-refractivity contribution is -0.142. The summed E-state index contributed by atoms with van der Waals surface area (Å²) in [6, 6.07) is 6.07. The highest BCUT2D eigenvalue weighted by molar-refractivity contribution is 5.98. The van der Waals surface area contributed by atoms with Gasteiger partial charge in [0.25, 0.3) is 5.91 Å². The lowest BCUT2D eigenvalue weighted by Crippen LogP contribution is -2.40. The lowest BCUT2D eigenvalue weighted by atomic mass is 10.1. The predicted octanol–water partition coefficient (Wildman–Crippen LogP) is 0.819. The summed E-state index contributed by atoms with van der Waals surface area (Å²) < 4.78 is 4.51. The first-order valence-corrected chi connectivity index (χ1v) is 6.03. The molecular formula is C14H14N2O4. The van der Waals surface area contributed by atoms with Gasteiger partial charge in [0.2, 0.25) is 5.43 Å². The maximum Gasteiger partial charge on any atom is 0.328 e. The number of pyridine rings is 1. The Morgan fingerprint density at radius 3 is 2.70 bits per heavy atom. The number of para-hydroxylation sites is 1. The van der Waals surface area contributed by atoms with Crippen molar-refractivity contribution in [3.8, 4) is 0 Å². The summed E-state index contributed by atoms with van der Waals surface area (Å²) in [6.45, 7) is 1.49. The van der Waals surface area contributed by atoms with E-state index >= 15 is 0 Å². The van der Waals surface area contributed by atoms with Gasteiger partial charge < -0.3 is 15.0 Å². The van der Waals surface area contributed by atoms with Crippen LogP contribution in [0, 0.1) is 0 Å². The fourth-order valence-corrected chi connectivity index (χ4v) is 1.85. The third kappa shape index (κ3) is 2.54. The molecule has 0 spiro atoms. The zero-order chi connectivity index (χ0) is 14.7. The molecule has 1 amide bonds. The van der Waals surface area contributed by atoms with Crippen LogP contribution >= 0.6 is 0 Å². The number of aromatic nitrogens is 1. The number of ether oxygens (including phenoxy) is 1. The van der Waals surface area contributed by atoms with Crippen molar-refractivity contribution in [2.24, 2.45) is 0 Å². The highest BCUT2D eigenvalue weighted by Gasteiger charge is 2.19. The molecule has 0 aliphatic carbocycles. The largest absolute Gasteiger partial charge is 0.467 e. The first-order valence-electron chi connectivity index (χ1n) is 6.03. The average molecular weight is 274 g/mol. The maximum absolute atomic E-state index is 12.2. The summed E-state index contributed by atoms with van der Waals surface area (Å²) in [5.41, 5.74) is 0.225. The summed E-state index contributed by atoms with van der Waals surface area (Å²) in [7, 11) is 1.23. The zero-order valence-corrected chi connectivity index (χ0v) is 11.1. The Hall–Kier alpha value is -2.63. The van der Waals surface area contributed by atoms with Gasteiger partial charge in [0, 0.05) is 17.1 Å². The second kappa shape index (κ2) is 5.56. The Labute approximate surface area is 114 Å². The molecule has 1 aromatic heterocycles. The normalized spacial score (nSPS) is 11.9. The number of methoxy groups -OCH3 is 1. The van der Waals surface area contributed by atoms with E-state index in [2.05, 4.69) is 15.0 Å². The molecule has 0 saturated carbocycles. The molecule has 20 heavy (non-hydrogen) atoms. The standard InChI is InChI=1S/C14H14N2O4/c1-8(14(19)20-2)16-13(18)10-7-15-11-6-4-3-5-9(11)12(10)17/h3-8H,1-2H3,(H,15,17)(H,16,18)/t8-/m0/s1. The van der Waals surface area contributed by atoms with Gasteiger partial charge in [-0.3, -0.25) is 9.59 Å². The van der Waals surface area contributed by atoms with Crippen LogP contribution in [0.15, 0.2) is 35.3 Å². The second-order valence-corrected chi connectivity index (χ2v) is 4.30. The highest BCUT2D eigenvalue weighted by Crippen LogP contribution is 2.07. The quantitative estimate of drug-likeness (QED) is 0.811. The summed E-state index contributed by atoms with van der Waals surface area (Å²) in [5, 5.41) is 2.84. The third-order valence-electron chi connectivity index (χ3n) is 2.94. The van der Waals surface area contributed by atoms with Crippen LogP contribution in [0.3, 0.4) is 0 Å². The van der Waals surface area contributed by atoms with Crippen molar-refractivity contribution in [3.05, 3.63) is 46.2 Å². The molecule has 0 radical (unpaired) electrons. The Balaban J connectivity index is 2.34. The topological polar surface area (TPSA) is 88.3 Å². The Morgan fingerprint density at radius 1 is 1.30 bits per heavy atom. The Bertz CT molecular complexity index is 720. The fourth-order valence-electron chi connectivity index (χ4n) is 1.85. The summed E-state index contributed by atoms with van der Waals surface area (Å²) in [6.07, 6.45) is 1.34. The number of carbonyl (C=O) groups excluding carboxylic acids is 2. The Kier molecular flexibility index (Phi) is 3.84. The molecule has 0 saturated heterocycles. The van der Waals surface area contributed by atoms with E-state index < -0.39 is 17.9 Å². The number of hydrogen-bond donors (Lipinski definition) is 2. The minimum absolute atomic E-state index is 0.0422. The molecule has 1 heterocycles. The maximum atomic E-state index is 12.2. The molecule has 6 heteroatoms. The molecule has 1 aromatic carbocycles. The van der Waals surface area contributed by atoms with Crippen molar-refractivity contribution in [2.75, 3.05) is 7.11 Å². The molecule has 2 aromatic rings. The predicted molar refractivity (Wildman–Crippen MR) is 73.5 cm³/mol. The van der Waals surface area contributed by atoms with E-state index in [0.717, 1.165) is 0 Å². The number of hydrogen-bond acceptors (Lipinski definition) is 4. The van der Waals surface area contributed by atoms with Gasteiger partial charge in [-0.25, -0.2) is 4.79 Å². The van der Waals surface area contributed by atoms with Gasteiger partial charge in [-0.2, -0.15) is 0 Å². The van der Waals surface area contributed by atoms with E-state index in [4.69, 9.17) is 0 Å². The van der Waals surface area contributed by atoms with Crippen LogP contribution < -0.4 is 10.7 Å². The van der Waals surface area contributed by atoms with E-state index in [9.17, 15) is 14.4 Å². The monoisotopic (exact) mass is 274 g/mol. The fraction of sp³-hybridized carbons (Fsp3) is 0.214. The molecule has 0 aliphatic rings. The highest BCUT2D eigenvalue weighted by atomic mass is 16.5. The van der Waals surface area contributed by atoms with Crippen molar-refractivity contribution in [1.82, 2.24) is 10.3 Å². The number of esters is 1.